The van der Waals surface area contributed by atoms with Crippen LogP contribution in [0.25, 0.3) is 33.4 Å². The van der Waals surface area contributed by atoms with Crippen LogP contribution >= 0.6 is 23.5 Å². The van der Waals surface area contributed by atoms with Crippen molar-refractivity contribution in [1.82, 2.24) is 10.1 Å². The van der Waals surface area contributed by atoms with E-state index in [0.29, 0.717) is 34.4 Å². The summed E-state index contributed by atoms with van der Waals surface area (Å²) in [5.74, 6) is 2.65. The summed E-state index contributed by atoms with van der Waals surface area (Å²) in [6.07, 6.45) is 5.73. The molecule has 4 aromatic rings. The Morgan fingerprint density at radius 1 is 0.778 bits per heavy atom. The maximum atomic E-state index is 13.5. The Bertz CT molecular complexity index is 2680. The number of fused-ring (bicyclic) bond motifs is 2. The summed E-state index contributed by atoms with van der Waals surface area (Å²) in [7, 11) is -9.42. The average molecular weight is 931 g/mol. The molecule has 2 aliphatic rings. The number of nitrogens with one attached hydrogen (secondary N) is 1. The highest BCUT2D eigenvalue weighted by molar-refractivity contribution is 7.99. The van der Waals surface area contributed by atoms with Crippen molar-refractivity contribution in [1.29, 1.82) is 0 Å². The van der Waals surface area contributed by atoms with Crippen LogP contribution in [0.2, 0.25) is 0 Å². The lowest BCUT2D eigenvalue weighted by atomic mass is 9.93. The molecule has 0 amide bonds. The molecule has 1 atom stereocenters. The van der Waals surface area contributed by atoms with Crippen LogP contribution in [0.5, 0.6) is 0 Å². The summed E-state index contributed by atoms with van der Waals surface area (Å²) < 4.78 is 78.5. The molecule has 336 valence electrons. The van der Waals surface area contributed by atoms with Crippen molar-refractivity contribution in [2.45, 2.75) is 85.8 Å². The van der Waals surface area contributed by atoms with Crippen molar-refractivity contribution in [3.8, 4) is 22.5 Å². The standard InChI is InChI=1S/C49H59N3O7S4/c1-5-9-18-37(6-2)36-50-59-63(56,57)42-25-28-45(48(35-42)62(53,54)55)49-43-26-23-38(51(7-3)29-16-31-60-40-19-12-10-13-20-40)33-46(43)58-47-34-39(24-27-44(47)49)52(8-4)30-17-32-61-41-21-14-11-15-22-41/h10-15,19-28,33-35,37,50H,5-9,16-18,29-32,36H2,1-4H3/p+1. The molecule has 1 aliphatic heterocycles. The normalized spacial score (nSPS) is 13.1. The summed E-state index contributed by atoms with van der Waals surface area (Å²) >= 11 is 3.65. The van der Waals surface area contributed by atoms with Gasteiger partial charge in [0, 0.05) is 81.5 Å². The lowest BCUT2D eigenvalue weighted by molar-refractivity contribution is 0.179. The van der Waals surface area contributed by atoms with E-state index >= 15 is 0 Å². The lowest BCUT2D eigenvalue weighted by Crippen LogP contribution is -2.31. The first kappa shape index (κ1) is 48.3. The zero-order valence-electron chi connectivity index (χ0n) is 36.7. The van der Waals surface area contributed by atoms with Crippen LogP contribution < -0.4 is 20.3 Å². The Hall–Kier alpha value is -4.15. The van der Waals surface area contributed by atoms with Gasteiger partial charge in [0.05, 0.1) is 11.0 Å². The number of unbranched alkanes of at least 4 members (excludes halogenated alkanes) is 1. The van der Waals surface area contributed by atoms with Crippen LogP contribution in [-0.2, 0) is 24.5 Å². The summed E-state index contributed by atoms with van der Waals surface area (Å²) in [6, 6.07) is 36.2. The van der Waals surface area contributed by atoms with Crippen LogP contribution in [0.15, 0.2) is 139 Å². The van der Waals surface area contributed by atoms with Crippen LogP contribution in [-0.4, -0.2) is 65.6 Å². The predicted molar refractivity (Wildman–Crippen MR) is 260 cm³/mol. The number of hydroxylamine groups is 1. The van der Waals surface area contributed by atoms with Gasteiger partial charge < -0.3 is 9.32 Å². The summed E-state index contributed by atoms with van der Waals surface area (Å²) in [5, 5.41) is 1.56. The van der Waals surface area contributed by atoms with E-state index in [0.717, 1.165) is 93.3 Å². The van der Waals surface area contributed by atoms with Crippen LogP contribution in [0, 0.1) is 5.92 Å². The largest absolute Gasteiger partial charge is 0.456 e. The minimum Gasteiger partial charge on any atom is -0.456 e. The Balaban J connectivity index is 1.40. The van der Waals surface area contributed by atoms with Gasteiger partial charge in [0.15, 0.2) is 0 Å². The number of nitrogens with zero attached hydrogens (tertiary/aromatic N) is 2. The Morgan fingerprint density at radius 3 is 2.10 bits per heavy atom. The number of hydrogen-bond donors (Lipinski definition) is 2. The second kappa shape index (κ2) is 23.2. The van der Waals surface area contributed by atoms with Gasteiger partial charge in [-0.3, -0.25) is 4.55 Å². The van der Waals surface area contributed by atoms with Gasteiger partial charge in [-0.05, 0) is 93.0 Å². The minimum atomic E-state index is -4.96. The van der Waals surface area contributed by atoms with E-state index < -0.39 is 30.0 Å². The van der Waals surface area contributed by atoms with E-state index in [9.17, 15) is 21.4 Å². The van der Waals surface area contributed by atoms with Gasteiger partial charge in [-0.2, -0.15) is 26.6 Å². The molecular weight excluding hydrogens is 871 g/mol. The second-order valence-corrected chi connectivity index (χ2v) is 20.7. The van der Waals surface area contributed by atoms with Crippen molar-refractivity contribution in [3.63, 3.8) is 0 Å². The maximum absolute atomic E-state index is 13.5. The molecule has 0 fully saturated rings. The zero-order chi connectivity index (χ0) is 44.8. The molecule has 6 rings (SSSR count). The first-order valence-electron chi connectivity index (χ1n) is 21.9. The van der Waals surface area contributed by atoms with E-state index in [-0.39, 0.29) is 11.5 Å². The van der Waals surface area contributed by atoms with Crippen molar-refractivity contribution < 1.29 is 30.1 Å². The average Bonchev–Trinajstić information content (AvgIpc) is 3.29. The van der Waals surface area contributed by atoms with Crippen molar-refractivity contribution >= 4 is 60.4 Å². The summed E-state index contributed by atoms with van der Waals surface area (Å²) in [6.45, 7) is 11.9. The smallest absolute Gasteiger partial charge is 0.312 e. The Morgan fingerprint density at radius 2 is 1.46 bits per heavy atom. The molecule has 63 heavy (non-hydrogen) atoms. The summed E-state index contributed by atoms with van der Waals surface area (Å²) in [4.78, 5) is 3.80. The van der Waals surface area contributed by atoms with E-state index in [1.165, 1.54) is 21.9 Å². The maximum Gasteiger partial charge on any atom is 0.312 e. The molecule has 0 saturated carbocycles. The molecule has 1 unspecified atom stereocenters. The predicted octanol–water partition coefficient (Wildman–Crippen LogP) is 10.9. The lowest BCUT2D eigenvalue weighted by Gasteiger charge is -2.24. The number of hydrogen-bond acceptors (Lipinski definition) is 10. The van der Waals surface area contributed by atoms with Gasteiger partial charge in [-0.25, -0.2) is 4.58 Å². The van der Waals surface area contributed by atoms with E-state index in [1.54, 1.807) is 0 Å². The van der Waals surface area contributed by atoms with Crippen LogP contribution in [0.4, 0.5) is 5.69 Å². The fraction of sp³-hybridized carbons (Fsp3) is 0.367. The van der Waals surface area contributed by atoms with Gasteiger partial charge in [-0.1, -0.05) is 75.6 Å². The quantitative estimate of drug-likeness (QED) is 0.0150. The van der Waals surface area contributed by atoms with Gasteiger partial charge in [0.2, 0.25) is 5.36 Å². The Kier molecular flexibility index (Phi) is 17.8. The number of benzene rings is 5. The Labute approximate surface area is 382 Å². The van der Waals surface area contributed by atoms with Crippen molar-refractivity contribution in [2.24, 2.45) is 5.92 Å². The molecule has 1 aliphatic carbocycles. The van der Waals surface area contributed by atoms with Crippen LogP contribution in [0.3, 0.4) is 0 Å². The van der Waals surface area contributed by atoms with E-state index in [2.05, 4.69) is 60.0 Å². The molecule has 0 saturated heterocycles. The molecule has 14 heteroatoms. The second-order valence-electron chi connectivity index (χ2n) is 15.5. The first-order valence-corrected chi connectivity index (χ1v) is 26.7. The number of anilines is 1. The highest BCUT2D eigenvalue weighted by atomic mass is 32.2. The third kappa shape index (κ3) is 13.0. The van der Waals surface area contributed by atoms with Crippen molar-refractivity contribution in [3.05, 3.63) is 121 Å². The van der Waals surface area contributed by atoms with Gasteiger partial charge >= 0.3 is 10.1 Å². The molecular formula is C49H60N3O7S4+. The SMILES string of the molecule is CCCCC(CC)CNOS(=O)(=O)c1ccc(-c2c3ccc(=[N+](CC)CCCSc4ccccc4)cc-3oc3cc(N(CC)CCCSc4ccccc4)ccc23)c(S(=O)(=O)O)c1. The van der Waals surface area contributed by atoms with Gasteiger partial charge in [0.1, 0.15) is 29.3 Å². The third-order valence-electron chi connectivity index (χ3n) is 11.2. The first-order chi connectivity index (χ1) is 30.4. The molecule has 0 bridgehead atoms. The molecule has 0 spiro atoms. The minimum absolute atomic E-state index is 0.136. The zero-order valence-corrected chi connectivity index (χ0v) is 39.9. The summed E-state index contributed by atoms with van der Waals surface area (Å²) in [5.41, 5.74) is 5.30. The monoisotopic (exact) mass is 930 g/mol. The van der Waals surface area contributed by atoms with E-state index in [4.69, 9.17) is 8.70 Å². The number of thioether (sulfide) groups is 2. The van der Waals surface area contributed by atoms with Crippen LogP contribution in [0.1, 0.15) is 66.2 Å². The molecule has 10 nitrogen and oxygen atoms in total. The molecule has 1 heterocycles. The molecule has 0 radical (unpaired) electrons. The third-order valence-corrected chi connectivity index (χ3v) is 15.5. The fourth-order valence-corrected chi connectivity index (χ4v) is 11.0. The van der Waals surface area contributed by atoms with E-state index in [1.807, 2.05) is 103 Å². The van der Waals surface area contributed by atoms with Crippen molar-refractivity contribution in [2.75, 3.05) is 49.1 Å². The highest BCUT2D eigenvalue weighted by Crippen LogP contribution is 2.43. The van der Waals surface area contributed by atoms with Gasteiger partial charge in [0.25, 0.3) is 10.1 Å². The fourth-order valence-electron chi connectivity index (χ4n) is 7.71. The molecule has 0 aromatic heterocycles. The molecule has 4 aromatic carbocycles. The highest BCUT2D eigenvalue weighted by Gasteiger charge is 2.28. The van der Waals surface area contributed by atoms with Gasteiger partial charge in [-0.15, -0.1) is 23.5 Å². The topological polar surface area (TPSA) is 129 Å². The molecule has 2 N–H and O–H groups in total. The number of rotatable bonds is 24.